The summed E-state index contributed by atoms with van der Waals surface area (Å²) in [6.45, 7) is 6.79. The molecule has 0 amide bonds. The van der Waals surface area contributed by atoms with E-state index in [9.17, 15) is 9.59 Å². The summed E-state index contributed by atoms with van der Waals surface area (Å²) in [5, 5.41) is 0. The average Bonchev–Trinajstić information content (AvgIpc) is 2.70. The third-order valence-electron chi connectivity index (χ3n) is 9.01. The first-order chi connectivity index (χ1) is 11.2. The zero-order valence-electron chi connectivity index (χ0n) is 15.7. The monoisotopic (exact) mass is 332 g/mol. The minimum Gasteiger partial charge on any atom is -0.469 e. The first-order valence-corrected chi connectivity index (χ1v) is 9.82. The quantitative estimate of drug-likeness (QED) is 0.663. The van der Waals surface area contributed by atoms with Crippen LogP contribution in [0.15, 0.2) is 0 Å². The number of methoxy groups -OCH3 is 1. The molecule has 3 heteroatoms. The highest BCUT2D eigenvalue weighted by atomic mass is 16.5. The van der Waals surface area contributed by atoms with E-state index < -0.39 is 0 Å². The van der Waals surface area contributed by atoms with Crippen molar-refractivity contribution in [3.63, 3.8) is 0 Å². The van der Waals surface area contributed by atoms with Crippen LogP contribution in [0.4, 0.5) is 0 Å². The Hall–Kier alpha value is -0.860. The zero-order valence-corrected chi connectivity index (χ0v) is 15.7. The van der Waals surface area contributed by atoms with E-state index >= 15 is 0 Å². The highest BCUT2D eigenvalue weighted by Gasteiger charge is 2.68. The maximum atomic E-state index is 12.7. The lowest BCUT2D eigenvalue weighted by Gasteiger charge is -2.63. The number of Topliss-reactive ketones (excluding diaryl/α,β-unsaturated/α-hetero) is 1. The van der Waals surface area contributed by atoms with Gasteiger partial charge in [0.25, 0.3) is 0 Å². The molecule has 4 aliphatic rings. The minimum atomic E-state index is -0.341. The topological polar surface area (TPSA) is 43.4 Å². The summed E-state index contributed by atoms with van der Waals surface area (Å²) in [6.07, 6.45) is 9.61. The van der Waals surface area contributed by atoms with Gasteiger partial charge in [0, 0.05) is 11.8 Å². The van der Waals surface area contributed by atoms with Gasteiger partial charge in [-0.1, -0.05) is 20.3 Å². The smallest absolute Gasteiger partial charge is 0.311 e. The highest BCUT2D eigenvalue weighted by Crippen LogP contribution is 2.73. The van der Waals surface area contributed by atoms with E-state index in [0.717, 1.165) is 44.9 Å². The molecule has 0 aromatic carbocycles. The van der Waals surface area contributed by atoms with Crippen LogP contribution in [-0.4, -0.2) is 18.9 Å². The van der Waals surface area contributed by atoms with E-state index in [1.54, 1.807) is 0 Å². The molecule has 0 saturated heterocycles. The van der Waals surface area contributed by atoms with Gasteiger partial charge in [-0.25, -0.2) is 0 Å². The maximum absolute atomic E-state index is 12.7. The summed E-state index contributed by atoms with van der Waals surface area (Å²) in [5.74, 6) is 1.51. The summed E-state index contributed by atoms with van der Waals surface area (Å²) in [4.78, 5) is 25.3. The molecule has 0 N–H and O–H groups in total. The predicted octanol–water partition coefficient (Wildman–Crippen LogP) is 4.53. The molecule has 24 heavy (non-hydrogen) atoms. The van der Waals surface area contributed by atoms with Gasteiger partial charge in [-0.3, -0.25) is 9.59 Å². The molecule has 4 aliphatic carbocycles. The second-order valence-corrected chi connectivity index (χ2v) is 10.2. The number of ketones is 1. The fourth-order valence-electron chi connectivity index (χ4n) is 7.98. The molecule has 0 aliphatic heterocycles. The van der Waals surface area contributed by atoms with Gasteiger partial charge in [0.15, 0.2) is 0 Å². The maximum Gasteiger partial charge on any atom is 0.311 e. The van der Waals surface area contributed by atoms with Crippen LogP contribution in [0.25, 0.3) is 0 Å². The molecule has 0 aromatic heterocycles. The zero-order chi connectivity index (χ0) is 17.4. The molecule has 0 aromatic rings. The Morgan fingerprint density at radius 3 is 2.46 bits per heavy atom. The Kier molecular flexibility index (Phi) is 3.36. The number of fused-ring (bicyclic) bond motifs is 3. The van der Waals surface area contributed by atoms with Gasteiger partial charge in [-0.15, -0.1) is 0 Å². The van der Waals surface area contributed by atoms with Crippen LogP contribution in [0.2, 0.25) is 0 Å². The Morgan fingerprint density at radius 2 is 1.75 bits per heavy atom. The van der Waals surface area contributed by atoms with E-state index in [-0.39, 0.29) is 27.6 Å². The summed E-state index contributed by atoms with van der Waals surface area (Å²) < 4.78 is 5.22. The summed E-state index contributed by atoms with van der Waals surface area (Å²) in [5.41, 5.74) is 0.0157. The summed E-state index contributed by atoms with van der Waals surface area (Å²) in [7, 11) is 1.53. The molecule has 0 heterocycles. The third-order valence-corrected chi connectivity index (χ3v) is 9.01. The molecule has 0 radical (unpaired) electrons. The van der Waals surface area contributed by atoms with E-state index in [1.165, 1.54) is 20.0 Å². The molecule has 4 saturated carbocycles. The first kappa shape index (κ1) is 16.6. The van der Waals surface area contributed by atoms with Gasteiger partial charge in [-0.05, 0) is 74.5 Å². The van der Waals surface area contributed by atoms with Crippen LogP contribution < -0.4 is 0 Å². The van der Waals surface area contributed by atoms with Gasteiger partial charge in [0.05, 0.1) is 12.5 Å². The van der Waals surface area contributed by atoms with Gasteiger partial charge >= 0.3 is 5.97 Å². The van der Waals surface area contributed by atoms with Crippen molar-refractivity contribution in [3.05, 3.63) is 0 Å². The van der Waals surface area contributed by atoms with Gasteiger partial charge in [0.2, 0.25) is 0 Å². The van der Waals surface area contributed by atoms with Crippen molar-refractivity contribution in [2.45, 2.75) is 78.6 Å². The van der Waals surface area contributed by atoms with Crippen molar-refractivity contribution >= 4 is 11.8 Å². The van der Waals surface area contributed by atoms with Crippen molar-refractivity contribution in [1.29, 1.82) is 0 Å². The predicted molar refractivity (Wildman–Crippen MR) is 92.3 cm³/mol. The van der Waals surface area contributed by atoms with Crippen LogP contribution >= 0.6 is 0 Å². The Bertz CT molecular complexity index is 598. The van der Waals surface area contributed by atoms with Crippen molar-refractivity contribution in [2.75, 3.05) is 7.11 Å². The number of carbonyl (C=O) groups is 2. The molecule has 6 unspecified atom stereocenters. The number of carbonyl (C=O) groups excluding carboxylic acids is 2. The number of esters is 1. The fraction of sp³-hybridized carbons (Fsp3) is 0.905. The lowest BCUT2D eigenvalue weighted by molar-refractivity contribution is -0.185. The molecule has 4 fully saturated rings. The average molecular weight is 332 g/mol. The Labute approximate surface area is 145 Å². The van der Waals surface area contributed by atoms with Crippen molar-refractivity contribution in [1.82, 2.24) is 0 Å². The minimum absolute atomic E-state index is 0.0162. The SMILES string of the molecule is COC(=O)C1(C)CCCC2(C)C3CCC4(C)CC3(CCC12)CC4=O. The molecule has 4 rings (SSSR count). The van der Waals surface area contributed by atoms with Crippen LogP contribution in [0.3, 0.4) is 0 Å². The normalized spacial score (nSPS) is 53.2. The molecule has 3 nitrogen and oxygen atoms in total. The fourth-order valence-corrected chi connectivity index (χ4v) is 7.98. The molecular formula is C21H32O3. The molecule has 134 valence electrons. The van der Waals surface area contributed by atoms with Gasteiger partial charge < -0.3 is 4.74 Å². The van der Waals surface area contributed by atoms with Crippen molar-refractivity contribution in [3.8, 4) is 0 Å². The molecule has 2 bridgehead atoms. The number of hydrogen-bond acceptors (Lipinski definition) is 3. The van der Waals surface area contributed by atoms with Crippen molar-refractivity contribution < 1.29 is 14.3 Å². The Balaban J connectivity index is 1.74. The standard InChI is InChI=1S/C21H32O3/c1-18-10-6-15-19(2)8-5-9-20(3,17(23)24-4)14(19)7-11-21(15,13-18)12-16(18)22/h14-15H,5-13H2,1-4H3. The first-order valence-electron chi connectivity index (χ1n) is 9.82. The largest absolute Gasteiger partial charge is 0.469 e. The molecule has 6 atom stereocenters. The highest BCUT2D eigenvalue weighted by molar-refractivity contribution is 5.88. The molecule has 1 spiro atoms. The third kappa shape index (κ3) is 1.85. The van der Waals surface area contributed by atoms with Crippen LogP contribution in [0.1, 0.15) is 78.6 Å². The second kappa shape index (κ2) is 4.86. The van der Waals surface area contributed by atoms with Gasteiger partial charge in [-0.2, -0.15) is 0 Å². The van der Waals surface area contributed by atoms with Crippen LogP contribution in [0.5, 0.6) is 0 Å². The Morgan fingerprint density at radius 1 is 1.04 bits per heavy atom. The number of ether oxygens (including phenoxy) is 1. The number of rotatable bonds is 1. The second-order valence-electron chi connectivity index (χ2n) is 10.2. The van der Waals surface area contributed by atoms with E-state index in [4.69, 9.17) is 4.74 Å². The van der Waals surface area contributed by atoms with E-state index in [1.807, 2.05) is 0 Å². The van der Waals surface area contributed by atoms with Crippen LogP contribution in [0, 0.1) is 33.5 Å². The van der Waals surface area contributed by atoms with Gasteiger partial charge in [0.1, 0.15) is 5.78 Å². The number of hydrogen-bond donors (Lipinski definition) is 0. The van der Waals surface area contributed by atoms with Crippen LogP contribution in [-0.2, 0) is 14.3 Å². The van der Waals surface area contributed by atoms with E-state index in [0.29, 0.717) is 17.6 Å². The molecular weight excluding hydrogens is 300 g/mol. The summed E-state index contributed by atoms with van der Waals surface area (Å²) >= 11 is 0. The lowest BCUT2D eigenvalue weighted by atomic mass is 9.40. The van der Waals surface area contributed by atoms with E-state index in [2.05, 4.69) is 20.8 Å². The lowest BCUT2D eigenvalue weighted by Crippen LogP contribution is -2.58. The van der Waals surface area contributed by atoms with Crippen molar-refractivity contribution in [2.24, 2.45) is 33.5 Å². The summed E-state index contributed by atoms with van der Waals surface area (Å²) in [6, 6.07) is 0.